The third-order valence-corrected chi connectivity index (χ3v) is 3.59. The van der Waals surface area contributed by atoms with E-state index >= 15 is 0 Å². The molecule has 0 aromatic heterocycles. The van der Waals surface area contributed by atoms with Gasteiger partial charge in [-0.15, -0.1) is 0 Å². The number of rotatable bonds is 9. The summed E-state index contributed by atoms with van der Waals surface area (Å²) in [6, 6.07) is 7.34. The highest BCUT2D eigenvalue weighted by Crippen LogP contribution is 2.18. The van der Waals surface area contributed by atoms with Crippen molar-refractivity contribution < 1.29 is 14.6 Å². The molecule has 0 aliphatic rings. The lowest BCUT2D eigenvalue weighted by Crippen LogP contribution is -2.33. The van der Waals surface area contributed by atoms with Gasteiger partial charge in [-0.25, -0.2) is 4.79 Å². The standard InChI is InChI=1S/C16H25NO3/c1-4-13(3)17(5-2)11-8-12-20-15-10-7-6-9-14(15)16(18)19/h6-7,9-10,13H,4-5,8,11-12H2,1-3H3,(H,18,19). The molecule has 1 N–H and O–H groups in total. The second-order valence-corrected chi connectivity index (χ2v) is 4.89. The Bertz CT molecular complexity index is 420. The first-order valence-electron chi connectivity index (χ1n) is 7.29. The molecular formula is C16H25NO3. The van der Waals surface area contributed by atoms with Gasteiger partial charge in [-0.3, -0.25) is 0 Å². The zero-order valence-corrected chi connectivity index (χ0v) is 12.6. The zero-order chi connectivity index (χ0) is 15.0. The fourth-order valence-electron chi connectivity index (χ4n) is 2.17. The minimum atomic E-state index is -0.949. The van der Waals surface area contributed by atoms with Crippen molar-refractivity contribution in [1.29, 1.82) is 0 Å². The molecule has 0 radical (unpaired) electrons. The molecule has 0 saturated carbocycles. The predicted molar refractivity (Wildman–Crippen MR) is 80.5 cm³/mol. The lowest BCUT2D eigenvalue weighted by Gasteiger charge is -2.26. The summed E-state index contributed by atoms with van der Waals surface area (Å²) < 4.78 is 5.60. The number of hydrogen-bond acceptors (Lipinski definition) is 3. The van der Waals surface area contributed by atoms with Crippen LogP contribution in [-0.4, -0.2) is 41.7 Å². The molecule has 1 rings (SSSR count). The van der Waals surface area contributed by atoms with Crippen molar-refractivity contribution in [2.24, 2.45) is 0 Å². The smallest absolute Gasteiger partial charge is 0.339 e. The van der Waals surface area contributed by atoms with E-state index in [2.05, 4.69) is 25.7 Å². The number of hydrogen-bond donors (Lipinski definition) is 1. The van der Waals surface area contributed by atoms with E-state index in [0.717, 1.165) is 25.9 Å². The maximum atomic E-state index is 11.0. The van der Waals surface area contributed by atoms with Crippen molar-refractivity contribution in [3.8, 4) is 5.75 Å². The molecule has 1 atom stereocenters. The second kappa shape index (κ2) is 8.59. The Hall–Kier alpha value is -1.55. The molecule has 112 valence electrons. The van der Waals surface area contributed by atoms with Crippen LogP contribution >= 0.6 is 0 Å². The quantitative estimate of drug-likeness (QED) is 0.705. The second-order valence-electron chi connectivity index (χ2n) is 4.89. The van der Waals surface area contributed by atoms with E-state index in [9.17, 15) is 4.79 Å². The van der Waals surface area contributed by atoms with Gasteiger partial charge in [-0.1, -0.05) is 26.0 Å². The van der Waals surface area contributed by atoms with Crippen molar-refractivity contribution in [2.45, 2.75) is 39.7 Å². The average molecular weight is 279 g/mol. The minimum Gasteiger partial charge on any atom is -0.493 e. The number of nitrogens with zero attached hydrogens (tertiary/aromatic N) is 1. The van der Waals surface area contributed by atoms with Crippen molar-refractivity contribution in [1.82, 2.24) is 4.90 Å². The molecule has 1 aromatic carbocycles. The summed E-state index contributed by atoms with van der Waals surface area (Å²) in [4.78, 5) is 13.5. The van der Waals surface area contributed by atoms with E-state index in [1.807, 2.05) is 0 Å². The third kappa shape index (κ3) is 4.85. The van der Waals surface area contributed by atoms with Gasteiger partial charge in [0.25, 0.3) is 0 Å². The fraction of sp³-hybridized carbons (Fsp3) is 0.562. The minimum absolute atomic E-state index is 0.224. The van der Waals surface area contributed by atoms with E-state index in [1.165, 1.54) is 0 Å². The summed E-state index contributed by atoms with van der Waals surface area (Å²) in [6.45, 7) is 9.11. The van der Waals surface area contributed by atoms with Crippen LogP contribution in [0.2, 0.25) is 0 Å². The molecule has 1 unspecified atom stereocenters. The molecule has 0 bridgehead atoms. The van der Waals surface area contributed by atoms with Crippen molar-refractivity contribution >= 4 is 5.97 Å². The van der Waals surface area contributed by atoms with Gasteiger partial charge in [0.05, 0.1) is 6.61 Å². The number of carboxylic acids is 1. The molecule has 0 fully saturated rings. The zero-order valence-electron chi connectivity index (χ0n) is 12.6. The van der Waals surface area contributed by atoms with Gasteiger partial charge in [-0.05, 0) is 38.4 Å². The van der Waals surface area contributed by atoms with E-state index in [-0.39, 0.29) is 5.56 Å². The van der Waals surface area contributed by atoms with Crippen LogP contribution < -0.4 is 4.74 Å². The lowest BCUT2D eigenvalue weighted by atomic mass is 10.2. The lowest BCUT2D eigenvalue weighted by molar-refractivity contribution is 0.0692. The van der Waals surface area contributed by atoms with E-state index in [4.69, 9.17) is 9.84 Å². The monoisotopic (exact) mass is 279 g/mol. The van der Waals surface area contributed by atoms with Crippen LogP contribution in [0.5, 0.6) is 5.75 Å². The van der Waals surface area contributed by atoms with Gasteiger partial charge in [0.2, 0.25) is 0 Å². The molecule has 0 saturated heterocycles. The molecule has 1 aromatic rings. The van der Waals surface area contributed by atoms with Crippen LogP contribution in [0, 0.1) is 0 Å². The first kappa shape index (κ1) is 16.5. The Labute approximate surface area is 121 Å². The van der Waals surface area contributed by atoms with Crippen LogP contribution in [0.1, 0.15) is 44.0 Å². The predicted octanol–water partition coefficient (Wildman–Crippen LogP) is 3.27. The SMILES string of the molecule is CCC(C)N(CC)CCCOc1ccccc1C(=O)O. The van der Waals surface area contributed by atoms with Crippen LogP contribution in [0.15, 0.2) is 24.3 Å². The molecule has 0 aliphatic carbocycles. The molecule has 20 heavy (non-hydrogen) atoms. The summed E-state index contributed by atoms with van der Waals surface area (Å²) in [5, 5.41) is 9.06. The Kier molecular flexibility index (Phi) is 7.09. The summed E-state index contributed by atoms with van der Waals surface area (Å²) in [7, 11) is 0. The number of carboxylic acid groups (broad SMARTS) is 1. The Morgan fingerprint density at radius 2 is 2.05 bits per heavy atom. The van der Waals surface area contributed by atoms with E-state index in [0.29, 0.717) is 18.4 Å². The highest BCUT2D eigenvalue weighted by atomic mass is 16.5. The summed E-state index contributed by atoms with van der Waals surface area (Å²) >= 11 is 0. The van der Waals surface area contributed by atoms with Crippen molar-refractivity contribution in [3.63, 3.8) is 0 Å². The summed E-state index contributed by atoms with van der Waals surface area (Å²) in [5.74, 6) is -0.498. The van der Waals surface area contributed by atoms with Gasteiger partial charge in [0, 0.05) is 12.6 Å². The molecule has 0 aliphatic heterocycles. The van der Waals surface area contributed by atoms with Gasteiger partial charge >= 0.3 is 5.97 Å². The van der Waals surface area contributed by atoms with Crippen molar-refractivity contribution in [2.75, 3.05) is 19.7 Å². The van der Waals surface area contributed by atoms with Crippen molar-refractivity contribution in [3.05, 3.63) is 29.8 Å². The third-order valence-electron chi connectivity index (χ3n) is 3.59. The van der Waals surface area contributed by atoms with Gasteiger partial charge < -0.3 is 14.7 Å². The van der Waals surface area contributed by atoms with Gasteiger partial charge in [-0.2, -0.15) is 0 Å². The van der Waals surface area contributed by atoms with E-state index < -0.39 is 5.97 Å². The molecule has 0 spiro atoms. The fourth-order valence-corrected chi connectivity index (χ4v) is 2.17. The molecule has 0 heterocycles. The number of carbonyl (C=O) groups is 1. The highest BCUT2D eigenvalue weighted by Gasteiger charge is 2.11. The summed E-state index contributed by atoms with van der Waals surface area (Å²) in [6.07, 6.45) is 2.03. The maximum Gasteiger partial charge on any atom is 0.339 e. The molecular weight excluding hydrogens is 254 g/mol. The number of aromatic carboxylic acids is 1. The average Bonchev–Trinajstić information content (AvgIpc) is 2.47. The number of benzene rings is 1. The first-order chi connectivity index (χ1) is 9.60. The largest absolute Gasteiger partial charge is 0.493 e. The van der Waals surface area contributed by atoms with Crippen LogP contribution in [0.25, 0.3) is 0 Å². The molecule has 4 heteroatoms. The molecule has 0 amide bonds. The Morgan fingerprint density at radius 1 is 1.35 bits per heavy atom. The topological polar surface area (TPSA) is 49.8 Å². The van der Waals surface area contributed by atoms with Crippen LogP contribution in [0.4, 0.5) is 0 Å². The van der Waals surface area contributed by atoms with Crippen LogP contribution in [0.3, 0.4) is 0 Å². The normalized spacial score (nSPS) is 12.4. The Balaban J connectivity index is 2.43. The first-order valence-corrected chi connectivity index (χ1v) is 7.29. The maximum absolute atomic E-state index is 11.0. The summed E-state index contributed by atoms with van der Waals surface area (Å²) in [5.41, 5.74) is 0.224. The Morgan fingerprint density at radius 3 is 2.65 bits per heavy atom. The van der Waals surface area contributed by atoms with Gasteiger partial charge in [0.15, 0.2) is 0 Å². The number of ether oxygens (including phenoxy) is 1. The van der Waals surface area contributed by atoms with Crippen LogP contribution in [-0.2, 0) is 0 Å². The number of para-hydroxylation sites is 1. The van der Waals surface area contributed by atoms with E-state index in [1.54, 1.807) is 24.3 Å². The highest BCUT2D eigenvalue weighted by molar-refractivity contribution is 5.90. The van der Waals surface area contributed by atoms with Gasteiger partial charge in [0.1, 0.15) is 11.3 Å². The molecule has 4 nitrogen and oxygen atoms in total.